The number of hydrogen-bond acceptors (Lipinski definition) is 5. The molecule has 0 radical (unpaired) electrons. The second-order valence-corrected chi connectivity index (χ2v) is 4.35. The summed E-state index contributed by atoms with van der Waals surface area (Å²) in [7, 11) is 1.89. The zero-order valence-electron chi connectivity index (χ0n) is 10.9. The van der Waals surface area contributed by atoms with Crippen molar-refractivity contribution in [2.75, 3.05) is 26.7 Å². The van der Waals surface area contributed by atoms with Crippen LogP contribution in [0, 0.1) is 0 Å². The molecule has 1 aromatic heterocycles. The average Bonchev–Trinajstić information content (AvgIpc) is 2.79. The molecule has 0 aromatic carbocycles. The molecular formula is C12H15F3N4O. The summed E-state index contributed by atoms with van der Waals surface area (Å²) >= 11 is 0. The van der Waals surface area contributed by atoms with Crippen molar-refractivity contribution in [2.24, 2.45) is 4.99 Å². The Hall–Kier alpha value is -1.99. The molecule has 0 bridgehead atoms. The summed E-state index contributed by atoms with van der Waals surface area (Å²) in [5, 5.41) is 3.06. The van der Waals surface area contributed by atoms with Gasteiger partial charge in [0.1, 0.15) is 0 Å². The van der Waals surface area contributed by atoms with E-state index in [0.29, 0.717) is 18.7 Å². The van der Waals surface area contributed by atoms with Gasteiger partial charge in [-0.25, -0.2) is 4.98 Å². The maximum Gasteiger partial charge on any atom is 0.422 e. The molecule has 8 heteroatoms. The number of pyridine rings is 1. The van der Waals surface area contributed by atoms with Crippen LogP contribution in [-0.2, 0) is 6.54 Å². The van der Waals surface area contributed by atoms with Crippen LogP contribution in [0.2, 0.25) is 0 Å². The predicted octanol–water partition coefficient (Wildman–Crippen LogP) is 1.41. The summed E-state index contributed by atoms with van der Waals surface area (Å²) in [4.78, 5) is 10.0. The number of nitrogens with one attached hydrogen (secondary N) is 1. The smallest absolute Gasteiger partial charge is 0.422 e. The molecule has 20 heavy (non-hydrogen) atoms. The number of guanidine groups is 1. The maximum absolute atomic E-state index is 12.2. The van der Waals surface area contributed by atoms with Gasteiger partial charge in [0, 0.05) is 31.9 Å². The number of rotatable bonds is 4. The Kier molecular flexibility index (Phi) is 4.31. The summed E-state index contributed by atoms with van der Waals surface area (Å²) < 4.78 is 41.2. The molecule has 0 saturated heterocycles. The summed E-state index contributed by atoms with van der Waals surface area (Å²) in [5.41, 5.74) is 0.555. The van der Waals surface area contributed by atoms with E-state index in [1.807, 2.05) is 11.9 Å². The molecule has 0 saturated carbocycles. The molecule has 0 spiro atoms. The molecule has 0 fully saturated rings. The summed E-state index contributed by atoms with van der Waals surface area (Å²) in [6.07, 6.45) is -2.98. The van der Waals surface area contributed by atoms with E-state index in [4.69, 9.17) is 4.74 Å². The first-order valence-corrected chi connectivity index (χ1v) is 6.08. The third-order valence-electron chi connectivity index (χ3n) is 2.72. The van der Waals surface area contributed by atoms with Gasteiger partial charge in [-0.3, -0.25) is 4.99 Å². The lowest BCUT2D eigenvalue weighted by atomic mass is 10.2. The first-order valence-electron chi connectivity index (χ1n) is 6.08. The second-order valence-electron chi connectivity index (χ2n) is 4.35. The monoisotopic (exact) mass is 288 g/mol. The molecule has 5 nitrogen and oxygen atoms in total. The van der Waals surface area contributed by atoms with Crippen molar-refractivity contribution < 1.29 is 17.9 Å². The fourth-order valence-corrected chi connectivity index (χ4v) is 1.74. The van der Waals surface area contributed by atoms with Gasteiger partial charge in [0.25, 0.3) is 0 Å². The van der Waals surface area contributed by atoms with Crippen molar-refractivity contribution in [3.8, 4) is 5.88 Å². The summed E-state index contributed by atoms with van der Waals surface area (Å²) in [5.74, 6) is 0.703. The van der Waals surface area contributed by atoms with Crippen LogP contribution in [0.5, 0.6) is 5.88 Å². The Morgan fingerprint density at radius 1 is 1.45 bits per heavy atom. The van der Waals surface area contributed by atoms with Crippen LogP contribution in [0.15, 0.2) is 23.3 Å². The largest absolute Gasteiger partial charge is 0.468 e. The number of ether oxygens (including phenoxy) is 1. The first kappa shape index (κ1) is 14.4. The molecule has 1 aliphatic heterocycles. The molecule has 2 rings (SSSR count). The highest BCUT2D eigenvalue weighted by Crippen LogP contribution is 2.19. The van der Waals surface area contributed by atoms with Crippen molar-refractivity contribution in [3.05, 3.63) is 23.9 Å². The number of nitrogens with zero attached hydrogens (tertiary/aromatic N) is 3. The number of aliphatic imine (C=N–C) groups is 1. The lowest BCUT2D eigenvalue weighted by Gasteiger charge is -2.16. The maximum atomic E-state index is 12.2. The van der Waals surface area contributed by atoms with Crippen molar-refractivity contribution in [3.63, 3.8) is 0 Å². The highest BCUT2D eigenvalue weighted by atomic mass is 19.4. The molecular weight excluding hydrogens is 273 g/mol. The highest BCUT2D eigenvalue weighted by molar-refractivity contribution is 5.81. The third kappa shape index (κ3) is 4.01. The van der Waals surface area contributed by atoms with Gasteiger partial charge in [-0.1, -0.05) is 6.07 Å². The van der Waals surface area contributed by atoms with Crippen LogP contribution in [0.4, 0.5) is 13.2 Å². The molecule has 1 aliphatic rings. The van der Waals surface area contributed by atoms with Gasteiger partial charge in [-0.2, -0.15) is 13.2 Å². The van der Waals surface area contributed by atoms with Gasteiger partial charge in [0.05, 0.1) is 6.54 Å². The minimum Gasteiger partial charge on any atom is -0.468 e. The normalized spacial score (nSPS) is 15.2. The summed E-state index contributed by atoms with van der Waals surface area (Å²) in [6.45, 7) is 0.498. The van der Waals surface area contributed by atoms with E-state index in [-0.39, 0.29) is 5.88 Å². The van der Waals surface area contributed by atoms with Gasteiger partial charge >= 0.3 is 6.18 Å². The van der Waals surface area contributed by atoms with E-state index >= 15 is 0 Å². The van der Waals surface area contributed by atoms with Crippen molar-refractivity contribution >= 4 is 5.96 Å². The molecule has 110 valence electrons. The van der Waals surface area contributed by atoms with Crippen LogP contribution in [0.25, 0.3) is 0 Å². The number of aromatic nitrogens is 1. The minimum absolute atomic E-state index is 0.0152. The van der Waals surface area contributed by atoms with E-state index in [2.05, 4.69) is 15.3 Å². The van der Waals surface area contributed by atoms with Crippen molar-refractivity contribution in [1.29, 1.82) is 0 Å². The Labute approximate surface area is 114 Å². The van der Waals surface area contributed by atoms with Gasteiger partial charge in [-0.15, -0.1) is 0 Å². The van der Waals surface area contributed by atoms with Gasteiger partial charge in [0.2, 0.25) is 5.88 Å². The molecule has 0 aliphatic carbocycles. The third-order valence-corrected chi connectivity index (χ3v) is 2.72. The number of halogens is 3. The van der Waals surface area contributed by atoms with Crippen molar-refractivity contribution in [2.45, 2.75) is 12.7 Å². The van der Waals surface area contributed by atoms with Crippen LogP contribution in [0.3, 0.4) is 0 Å². The Balaban J connectivity index is 1.97. The molecule has 0 atom stereocenters. The van der Waals surface area contributed by atoms with E-state index < -0.39 is 12.8 Å². The fraction of sp³-hybridized carbons (Fsp3) is 0.500. The first-order chi connectivity index (χ1) is 9.46. The topological polar surface area (TPSA) is 49.8 Å². The van der Waals surface area contributed by atoms with Crippen LogP contribution < -0.4 is 10.1 Å². The standard InChI is InChI=1S/C12H15F3N4O/c1-19-6-5-17-11(19)18-7-9-3-2-4-16-10(9)20-8-12(13,14)15/h2-4H,5-8H2,1H3,(H,17,18). The molecule has 2 heterocycles. The van der Waals surface area contributed by atoms with Crippen LogP contribution in [-0.4, -0.2) is 48.8 Å². The van der Waals surface area contributed by atoms with Gasteiger partial charge < -0.3 is 15.0 Å². The molecule has 0 amide bonds. The van der Waals surface area contributed by atoms with Crippen molar-refractivity contribution in [1.82, 2.24) is 15.2 Å². The van der Waals surface area contributed by atoms with Gasteiger partial charge in [-0.05, 0) is 6.07 Å². The molecule has 0 unspecified atom stereocenters. The van der Waals surface area contributed by atoms with E-state index in [9.17, 15) is 13.2 Å². The lowest BCUT2D eigenvalue weighted by molar-refractivity contribution is -0.154. The Bertz CT molecular complexity index is 490. The Morgan fingerprint density at radius 2 is 2.25 bits per heavy atom. The second kappa shape index (κ2) is 5.98. The SMILES string of the molecule is CN1CCN=C1NCc1cccnc1OCC(F)(F)F. The van der Waals surface area contributed by atoms with E-state index in [1.54, 1.807) is 12.1 Å². The average molecular weight is 288 g/mol. The predicted molar refractivity (Wildman–Crippen MR) is 67.6 cm³/mol. The number of likely N-dealkylation sites (N-methyl/N-ethyl adjacent to an activating group) is 1. The zero-order chi connectivity index (χ0) is 14.6. The zero-order valence-corrected chi connectivity index (χ0v) is 10.9. The number of hydrogen-bond donors (Lipinski definition) is 1. The molecule has 1 aromatic rings. The quantitative estimate of drug-likeness (QED) is 0.910. The lowest BCUT2D eigenvalue weighted by Crippen LogP contribution is -2.35. The van der Waals surface area contributed by atoms with Crippen LogP contribution in [0.1, 0.15) is 5.56 Å². The number of alkyl halides is 3. The van der Waals surface area contributed by atoms with Gasteiger partial charge in [0.15, 0.2) is 12.6 Å². The minimum atomic E-state index is -4.38. The summed E-state index contributed by atoms with van der Waals surface area (Å²) in [6, 6.07) is 3.32. The highest BCUT2D eigenvalue weighted by Gasteiger charge is 2.29. The fourth-order valence-electron chi connectivity index (χ4n) is 1.74. The van der Waals surface area contributed by atoms with E-state index in [0.717, 1.165) is 12.5 Å². The Morgan fingerprint density at radius 3 is 2.90 bits per heavy atom. The van der Waals surface area contributed by atoms with E-state index in [1.165, 1.54) is 6.20 Å². The molecule has 1 N–H and O–H groups in total. The van der Waals surface area contributed by atoms with Crippen LogP contribution >= 0.6 is 0 Å².